The predicted octanol–water partition coefficient (Wildman–Crippen LogP) is 1.02. The molecule has 1 aliphatic carbocycles. The first kappa shape index (κ1) is 9.97. The van der Waals surface area contributed by atoms with E-state index in [0.717, 1.165) is 19.3 Å². The number of likely N-dealkylation sites (tertiary alicyclic amines) is 1. The molecule has 14 heavy (non-hydrogen) atoms. The molecule has 1 N–H and O–H groups in total. The molecule has 1 saturated heterocycles. The Hall–Kier alpha value is -0.570. The number of rotatable bonds is 3. The normalized spacial score (nSPS) is 33.8. The van der Waals surface area contributed by atoms with Crippen LogP contribution in [0.5, 0.6) is 0 Å². The number of carbonyl (C=O) groups excluding carboxylic acids is 1. The van der Waals surface area contributed by atoms with Crippen LogP contribution in [0.25, 0.3) is 0 Å². The molecule has 3 heteroatoms. The largest absolute Gasteiger partial charge is 0.386 e. The molecular formula is C11H19NO2. The first-order valence-electron chi connectivity index (χ1n) is 5.57. The molecule has 1 saturated carbocycles. The van der Waals surface area contributed by atoms with Gasteiger partial charge in [-0.2, -0.15) is 0 Å². The van der Waals surface area contributed by atoms with Gasteiger partial charge in [0, 0.05) is 5.92 Å². The second-order valence-electron chi connectivity index (χ2n) is 4.99. The summed E-state index contributed by atoms with van der Waals surface area (Å²) in [6, 6.07) is 0. The highest BCUT2D eigenvalue weighted by molar-refractivity contribution is 5.82. The second kappa shape index (κ2) is 3.23. The lowest BCUT2D eigenvalue weighted by atomic mass is 9.89. The Balaban J connectivity index is 1.79. The Labute approximate surface area is 85.1 Å². The van der Waals surface area contributed by atoms with Crippen LogP contribution in [0.15, 0.2) is 0 Å². The van der Waals surface area contributed by atoms with Crippen molar-refractivity contribution in [3.8, 4) is 0 Å². The van der Waals surface area contributed by atoms with Crippen LogP contribution in [0, 0.1) is 11.8 Å². The summed E-state index contributed by atoms with van der Waals surface area (Å²) in [5.74, 6) is 1.10. The highest BCUT2D eigenvalue weighted by atomic mass is 16.3. The highest BCUT2D eigenvalue weighted by Gasteiger charge is 2.49. The fourth-order valence-electron chi connectivity index (χ4n) is 2.34. The van der Waals surface area contributed by atoms with Crippen molar-refractivity contribution in [1.82, 2.24) is 4.90 Å². The summed E-state index contributed by atoms with van der Waals surface area (Å²) in [4.78, 5) is 13.5. The minimum Gasteiger partial charge on any atom is -0.386 e. The van der Waals surface area contributed by atoms with Crippen molar-refractivity contribution >= 4 is 5.91 Å². The van der Waals surface area contributed by atoms with E-state index in [1.54, 1.807) is 0 Å². The zero-order valence-corrected chi connectivity index (χ0v) is 8.99. The molecule has 1 aliphatic heterocycles. The summed E-state index contributed by atoms with van der Waals surface area (Å²) in [5.41, 5.74) is -0.567. The van der Waals surface area contributed by atoms with E-state index in [9.17, 15) is 9.90 Å². The first-order chi connectivity index (χ1) is 6.56. The van der Waals surface area contributed by atoms with Gasteiger partial charge >= 0.3 is 0 Å². The second-order valence-corrected chi connectivity index (χ2v) is 4.99. The van der Waals surface area contributed by atoms with E-state index in [0.29, 0.717) is 19.0 Å². The molecule has 2 fully saturated rings. The van der Waals surface area contributed by atoms with Gasteiger partial charge in [0.1, 0.15) is 0 Å². The molecule has 2 aliphatic rings. The summed E-state index contributed by atoms with van der Waals surface area (Å²) >= 11 is 0. The van der Waals surface area contributed by atoms with Crippen molar-refractivity contribution in [3.05, 3.63) is 0 Å². The Kier molecular flexibility index (Phi) is 2.30. The van der Waals surface area contributed by atoms with Gasteiger partial charge < -0.3 is 10.0 Å². The van der Waals surface area contributed by atoms with Gasteiger partial charge in [0.25, 0.3) is 0 Å². The average Bonchev–Trinajstić information content (AvgIpc) is 2.77. The van der Waals surface area contributed by atoms with Gasteiger partial charge in [-0.05, 0) is 18.8 Å². The number of aliphatic hydroxyl groups is 1. The molecule has 1 heterocycles. The molecule has 0 aromatic rings. The Morgan fingerprint density at radius 3 is 2.57 bits per heavy atom. The van der Waals surface area contributed by atoms with E-state index in [-0.39, 0.29) is 11.8 Å². The van der Waals surface area contributed by atoms with E-state index in [1.165, 1.54) is 0 Å². The number of amides is 1. The maximum atomic E-state index is 11.7. The molecule has 0 radical (unpaired) electrons. The van der Waals surface area contributed by atoms with Gasteiger partial charge in [-0.25, -0.2) is 0 Å². The van der Waals surface area contributed by atoms with E-state index < -0.39 is 5.60 Å². The summed E-state index contributed by atoms with van der Waals surface area (Å²) in [6.07, 6.45) is 2.84. The maximum absolute atomic E-state index is 11.7. The van der Waals surface area contributed by atoms with Crippen LogP contribution in [-0.2, 0) is 4.79 Å². The van der Waals surface area contributed by atoms with E-state index in [1.807, 2.05) is 4.90 Å². The van der Waals surface area contributed by atoms with Crippen LogP contribution in [-0.4, -0.2) is 34.6 Å². The smallest absolute Gasteiger partial charge is 0.226 e. The lowest BCUT2D eigenvalue weighted by Crippen LogP contribution is -2.63. The zero-order valence-electron chi connectivity index (χ0n) is 8.99. The van der Waals surface area contributed by atoms with Gasteiger partial charge in [-0.1, -0.05) is 20.3 Å². The minimum absolute atomic E-state index is 0.262. The number of hydrogen-bond donors (Lipinski definition) is 1. The summed E-state index contributed by atoms with van der Waals surface area (Å²) in [7, 11) is 0. The van der Waals surface area contributed by atoms with Crippen LogP contribution < -0.4 is 0 Å². The third-order valence-electron chi connectivity index (χ3n) is 3.42. The number of nitrogens with zero attached hydrogens (tertiary/aromatic N) is 1. The number of β-amino-alcohol motifs (C(OH)–C–C–N with tert-alkyl or cyclic N) is 1. The lowest BCUT2D eigenvalue weighted by Gasteiger charge is -2.46. The fourth-order valence-corrected chi connectivity index (χ4v) is 2.34. The Bertz CT molecular complexity index is 246. The molecule has 0 bridgehead atoms. The lowest BCUT2D eigenvalue weighted by molar-refractivity contribution is -0.158. The standard InChI is InChI=1S/C11H19NO2/c1-3-4-11(14)6-12(7-11)10(13)9-5-8(9)2/h8-9,14H,3-7H2,1-2H3. The van der Waals surface area contributed by atoms with Gasteiger partial charge in [0.2, 0.25) is 5.91 Å². The van der Waals surface area contributed by atoms with Crippen LogP contribution in [0.3, 0.4) is 0 Å². The molecule has 0 aromatic carbocycles. The van der Waals surface area contributed by atoms with Crippen LogP contribution >= 0.6 is 0 Å². The van der Waals surface area contributed by atoms with Gasteiger partial charge in [-0.3, -0.25) is 4.79 Å². The Morgan fingerprint density at radius 1 is 1.57 bits per heavy atom. The van der Waals surface area contributed by atoms with Crippen molar-refractivity contribution in [2.45, 2.75) is 38.7 Å². The average molecular weight is 197 g/mol. The maximum Gasteiger partial charge on any atom is 0.226 e. The summed E-state index contributed by atoms with van der Waals surface area (Å²) < 4.78 is 0. The zero-order chi connectivity index (χ0) is 10.3. The summed E-state index contributed by atoms with van der Waals surface area (Å²) in [5, 5.41) is 9.90. The molecule has 2 unspecified atom stereocenters. The first-order valence-corrected chi connectivity index (χ1v) is 5.57. The minimum atomic E-state index is -0.567. The third kappa shape index (κ3) is 1.65. The SMILES string of the molecule is CCCC1(O)CN(C(=O)C2CC2C)C1. The summed E-state index contributed by atoms with van der Waals surface area (Å²) in [6.45, 7) is 5.29. The van der Waals surface area contributed by atoms with Gasteiger partial charge in [-0.15, -0.1) is 0 Å². The molecule has 80 valence electrons. The number of carbonyl (C=O) groups is 1. The third-order valence-corrected chi connectivity index (χ3v) is 3.42. The quantitative estimate of drug-likeness (QED) is 0.733. The van der Waals surface area contributed by atoms with Crippen LogP contribution in [0.2, 0.25) is 0 Å². The predicted molar refractivity (Wildman–Crippen MR) is 53.7 cm³/mol. The topological polar surface area (TPSA) is 40.5 Å². The molecule has 0 aromatic heterocycles. The van der Waals surface area contributed by atoms with Crippen LogP contribution in [0.4, 0.5) is 0 Å². The van der Waals surface area contributed by atoms with Crippen molar-refractivity contribution in [1.29, 1.82) is 0 Å². The van der Waals surface area contributed by atoms with Crippen LogP contribution in [0.1, 0.15) is 33.1 Å². The fraction of sp³-hybridized carbons (Fsp3) is 0.909. The molecule has 0 spiro atoms. The monoisotopic (exact) mass is 197 g/mol. The van der Waals surface area contributed by atoms with Crippen molar-refractivity contribution in [2.75, 3.05) is 13.1 Å². The molecule has 2 rings (SSSR count). The van der Waals surface area contributed by atoms with Gasteiger partial charge in [0.05, 0.1) is 18.7 Å². The molecule has 2 atom stereocenters. The van der Waals surface area contributed by atoms with E-state index >= 15 is 0 Å². The Morgan fingerprint density at radius 2 is 2.14 bits per heavy atom. The van der Waals surface area contributed by atoms with Crippen molar-refractivity contribution in [2.24, 2.45) is 11.8 Å². The van der Waals surface area contributed by atoms with Crippen molar-refractivity contribution in [3.63, 3.8) is 0 Å². The highest BCUT2D eigenvalue weighted by Crippen LogP contribution is 2.41. The van der Waals surface area contributed by atoms with Crippen molar-refractivity contribution < 1.29 is 9.90 Å². The molecule has 1 amide bonds. The van der Waals surface area contributed by atoms with E-state index in [2.05, 4.69) is 13.8 Å². The number of hydrogen-bond acceptors (Lipinski definition) is 2. The molecular weight excluding hydrogens is 178 g/mol. The van der Waals surface area contributed by atoms with E-state index in [4.69, 9.17) is 0 Å². The van der Waals surface area contributed by atoms with Gasteiger partial charge in [0.15, 0.2) is 0 Å². The molecule has 3 nitrogen and oxygen atoms in total.